The lowest BCUT2D eigenvalue weighted by Gasteiger charge is -2.27. The summed E-state index contributed by atoms with van der Waals surface area (Å²) in [5, 5.41) is 2.48. The molecule has 128 valence electrons. The van der Waals surface area contributed by atoms with E-state index in [0.29, 0.717) is 0 Å². The summed E-state index contributed by atoms with van der Waals surface area (Å²) in [5.74, 6) is 1.03. The molecule has 0 radical (unpaired) electrons. The number of aromatic nitrogens is 2. The van der Waals surface area contributed by atoms with Crippen molar-refractivity contribution in [3.63, 3.8) is 0 Å². The molecule has 0 saturated carbocycles. The standard InChI is InChI=1S/C16H16ClF3N4/c17-13-5-4-11(10-12(13)16(18,19)20)22-15-21-7-6-14(23-15)24-8-2-1-3-9-24/h4-7,10H,1-3,8-9H2,(H,21,22,23). The van der Waals surface area contributed by atoms with Crippen LogP contribution >= 0.6 is 11.6 Å². The van der Waals surface area contributed by atoms with Crippen LogP contribution in [0.5, 0.6) is 0 Å². The van der Waals surface area contributed by atoms with E-state index in [-0.39, 0.29) is 16.7 Å². The fourth-order valence-corrected chi connectivity index (χ4v) is 2.88. The summed E-state index contributed by atoms with van der Waals surface area (Å²) in [6.07, 6.45) is 0.514. The number of alkyl halides is 3. The lowest BCUT2D eigenvalue weighted by Crippen LogP contribution is -2.30. The molecule has 0 spiro atoms. The average molecular weight is 357 g/mol. The van der Waals surface area contributed by atoms with Crippen LogP contribution in [0.25, 0.3) is 0 Å². The zero-order valence-corrected chi connectivity index (χ0v) is 13.5. The molecule has 0 unspecified atom stereocenters. The predicted octanol–water partition coefficient (Wildman–Crippen LogP) is 4.88. The Morgan fingerprint density at radius 2 is 1.83 bits per heavy atom. The van der Waals surface area contributed by atoms with E-state index >= 15 is 0 Å². The first-order chi connectivity index (χ1) is 11.4. The van der Waals surface area contributed by atoms with Crippen LogP contribution in [-0.4, -0.2) is 23.1 Å². The van der Waals surface area contributed by atoms with Crippen LogP contribution in [0.3, 0.4) is 0 Å². The molecule has 1 aromatic carbocycles. The molecule has 0 atom stereocenters. The van der Waals surface area contributed by atoms with Gasteiger partial charge < -0.3 is 10.2 Å². The molecule has 1 aliphatic rings. The first kappa shape index (κ1) is 16.8. The monoisotopic (exact) mass is 356 g/mol. The highest BCUT2D eigenvalue weighted by atomic mass is 35.5. The highest BCUT2D eigenvalue weighted by molar-refractivity contribution is 6.31. The second-order valence-corrected chi connectivity index (χ2v) is 6.01. The Morgan fingerprint density at radius 1 is 1.08 bits per heavy atom. The maximum absolute atomic E-state index is 12.9. The molecule has 0 bridgehead atoms. The Balaban J connectivity index is 1.81. The highest BCUT2D eigenvalue weighted by Crippen LogP contribution is 2.36. The predicted molar refractivity (Wildman–Crippen MR) is 87.8 cm³/mol. The molecule has 1 N–H and O–H groups in total. The van der Waals surface area contributed by atoms with E-state index in [1.54, 1.807) is 12.3 Å². The Morgan fingerprint density at radius 3 is 2.54 bits per heavy atom. The van der Waals surface area contributed by atoms with Crippen LogP contribution in [0.15, 0.2) is 30.5 Å². The van der Waals surface area contributed by atoms with Gasteiger partial charge in [-0.3, -0.25) is 0 Å². The molecule has 4 nitrogen and oxygen atoms in total. The van der Waals surface area contributed by atoms with Gasteiger partial charge in [-0.25, -0.2) is 4.98 Å². The maximum atomic E-state index is 12.9. The zero-order chi connectivity index (χ0) is 17.2. The number of rotatable bonds is 3. The number of benzene rings is 1. The van der Waals surface area contributed by atoms with Crippen molar-refractivity contribution >= 4 is 29.1 Å². The molecule has 1 saturated heterocycles. The second-order valence-electron chi connectivity index (χ2n) is 5.60. The Hall–Kier alpha value is -2.02. The third kappa shape index (κ3) is 3.90. The van der Waals surface area contributed by atoms with Crippen molar-refractivity contribution in [3.05, 3.63) is 41.0 Å². The number of anilines is 3. The SMILES string of the molecule is FC(F)(F)c1cc(Nc2nccc(N3CCCCC3)n2)ccc1Cl. The van der Waals surface area contributed by atoms with E-state index in [9.17, 15) is 13.2 Å². The smallest absolute Gasteiger partial charge is 0.356 e. The normalized spacial score (nSPS) is 15.4. The number of nitrogens with one attached hydrogen (secondary N) is 1. The molecule has 0 aliphatic carbocycles. The van der Waals surface area contributed by atoms with Crippen LogP contribution in [0.2, 0.25) is 5.02 Å². The van der Waals surface area contributed by atoms with E-state index in [2.05, 4.69) is 20.2 Å². The van der Waals surface area contributed by atoms with E-state index in [1.165, 1.54) is 18.6 Å². The van der Waals surface area contributed by atoms with E-state index < -0.39 is 11.7 Å². The molecular formula is C16H16ClF3N4. The number of halogens is 4. The lowest BCUT2D eigenvalue weighted by molar-refractivity contribution is -0.137. The van der Waals surface area contributed by atoms with Crippen molar-refractivity contribution in [2.45, 2.75) is 25.4 Å². The largest absolute Gasteiger partial charge is 0.417 e. The van der Waals surface area contributed by atoms with Gasteiger partial charge in [-0.1, -0.05) is 11.6 Å². The van der Waals surface area contributed by atoms with Crippen molar-refractivity contribution in [2.75, 3.05) is 23.3 Å². The molecule has 24 heavy (non-hydrogen) atoms. The van der Waals surface area contributed by atoms with Crippen molar-refractivity contribution < 1.29 is 13.2 Å². The van der Waals surface area contributed by atoms with Crippen LogP contribution in [0, 0.1) is 0 Å². The van der Waals surface area contributed by atoms with Crippen LogP contribution in [0.4, 0.5) is 30.6 Å². The van der Waals surface area contributed by atoms with Gasteiger partial charge in [-0.15, -0.1) is 0 Å². The minimum Gasteiger partial charge on any atom is -0.356 e. The van der Waals surface area contributed by atoms with Gasteiger partial charge in [-0.2, -0.15) is 18.2 Å². The van der Waals surface area contributed by atoms with Crippen LogP contribution in [0.1, 0.15) is 24.8 Å². The summed E-state index contributed by atoms with van der Waals surface area (Å²) in [4.78, 5) is 10.6. The van der Waals surface area contributed by atoms with Crippen molar-refractivity contribution in [2.24, 2.45) is 0 Å². The topological polar surface area (TPSA) is 41.1 Å². The Bertz CT molecular complexity index is 715. The molecular weight excluding hydrogens is 341 g/mol. The highest BCUT2D eigenvalue weighted by Gasteiger charge is 2.33. The summed E-state index contributed by atoms with van der Waals surface area (Å²) >= 11 is 5.62. The van der Waals surface area contributed by atoms with Crippen molar-refractivity contribution in [1.29, 1.82) is 0 Å². The van der Waals surface area contributed by atoms with E-state index in [0.717, 1.165) is 37.8 Å². The van der Waals surface area contributed by atoms with Gasteiger partial charge in [0.2, 0.25) is 5.95 Å². The van der Waals surface area contributed by atoms with Crippen LogP contribution < -0.4 is 10.2 Å². The third-order valence-corrected chi connectivity index (χ3v) is 4.18. The molecule has 0 amide bonds. The summed E-state index contributed by atoms with van der Waals surface area (Å²) in [5.41, 5.74) is -0.649. The van der Waals surface area contributed by atoms with Gasteiger partial charge in [-0.05, 0) is 43.5 Å². The van der Waals surface area contributed by atoms with Crippen LogP contribution in [-0.2, 0) is 6.18 Å². The Kier molecular flexibility index (Phi) is 4.80. The summed E-state index contributed by atoms with van der Waals surface area (Å²) < 4.78 is 38.8. The molecule has 1 fully saturated rings. The molecule has 3 rings (SSSR count). The van der Waals surface area contributed by atoms with Gasteiger partial charge in [0.05, 0.1) is 10.6 Å². The molecule has 2 heterocycles. The molecule has 1 aromatic heterocycles. The first-order valence-electron chi connectivity index (χ1n) is 7.65. The van der Waals surface area contributed by atoms with Gasteiger partial charge in [0.1, 0.15) is 5.82 Å². The second kappa shape index (κ2) is 6.84. The number of piperidine rings is 1. The maximum Gasteiger partial charge on any atom is 0.417 e. The molecule has 2 aromatic rings. The summed E-state index contributed by atoms with van der Waals surface area (Å²) in [6.45, 7) is 1.85. The summed E-state index contributed by atoms with van der Waals surface area (Å²) in [6, 6.07) is 5.44. The fraction of sp³-hybridized carbons (Fsp3) is 0.375. The summed E-state index contributed by atoms with van der Waals surface area (Å²) in [7, 11) is 0. The number of nitrogens with zero attached hydrogens (tertiary/aromatic N) is 3. The third-order valence-electron chi connectivity index (χ3n) is 3.85. The number of hydrogen-bond donors (Lipinski definition) is 1. The van der Waals surface area contributed by atoms with Gasteiger partial charge in [0.15, 0.2) is 0 Å². The van der Waals surface area contributed by atoms with Gasteiger partial charge in [0.25, 0.3) is 0 Å². The zero-order valence-electron chi connectivity index (χ0n) is 12.8. The van der Waals surface area contributed by atoms with Crippen molar-refractivity contribution in [1.82, 2.24) is 9.97 Å². The minimum atomic E-state index is -4.51. The first-order valence-corrected chi connectivity index (χ1v) is 8.03. The van der Waals surface area contributed by atoms with Crippen molar-refractivity contribution in [3.8, 4) is 0 Å². The van der Waals surface area contributed by atoms with E-state index in [1.807, 2.05) is 0 Å². The van der Waals surface area contributed by atoms with Gasteiger partial charge >= 0.3 is 6.18 Å². The molecule has 1 aliphatic heterocycles. The quantitative estimate of drug-likeness (QED) is 0.850. The Labute approximate surface area is 142 Å². The van der Waals surface area contributed by atoms with E-state index in [4.69, 9.17) is 11.6 Å². The molecule has 8 heteroatoms. The lowest BCUT2D eigenvalue weighted by atomic mass is 10.1. The number of hydrogen-bond acceptors (Lipinski definition) is 4. The van der Waals surface area contributed by atoms with Gasteiger partial charge in [0, 0.05) is 25.0 Å². The average Bonchev–Trinajstić information content (AvgIpc) is 2.57. The fourth-order valence-electron chi connectivity index (χ4n) is 2.66. The minimum absolute atomic E-state index is 0.238.